The van der Waals surface area contributed by atoms with Gasteiger partial charge in [0.15, 0.2) is 0 Å². The zero-order valence-electron chi connectivity index (χ0n) is 10.1. The topological polar surface area (TPSA) is 37.4 Å². The van der Waals surface area contributed by atoms with Gasteiger partial charge in [0.1, 0.15) is 5.78 Å². The molecule has 1 aromatic carbocycles. The molecule has 0 N–H and O–H groups in total. The van der Waals surface area contributed by atoms with Crippen LogP contribution in [0.25, 0.3) is 0 Å². The van der Waals surface area contributed by atoms with Crippen LogP contribution >= 0.6 is 0 Å². The van der Waals surface area contributed by atoms with Crippen molar-refractivity contribution in [3.63, 3.8) is 0 Å². The van der Waals surface area contributed by atoms with Crippen molar-refractivity contribution in [1.82, 2.24) is 4.90 Å². The van der Waals surface area contributed by atoms with Crippen molar-refractivity contribution in [1.29, 1.82) is 0 Å². The van der Waals surface area contributed by atoms with Gasteiger partial charge in [-0.2, -0.15) is 0 Å². The molecule has 1 fully saturated rings. The minimum absolute atomic E-state index is 0.0187. The summed E-state index contributed by atoms with van der Waals surface area (Å²) >= 11 is 0. The largest absolute Gasteiger partial charge is 0.342 e. The fourth-order valence-electron chi connectivity index (χ4n) is 2.14. The van der Waals surface area contributed by atoms with Gasteiger partial charge in [0.05, 0.1) is 6.42 Å². The van der Waals surface area contributed by atoms with Gasteiger partial charge < -0.3 is 4.90 Å². The first-order valence-corrected chi connectivity index (χ1v) is 6.01. The number of hydrogen-bond acceptors (Lipinski definition) is 2. The van der Waals surface area contributed by atoms with Crippen LogP contribution in [-0.4, -0.2) is 29.7 Å². The van der Waals surface area contributed by atoms with Gasteiger partial charge in [0.25, 0.3) is 0 Å². The second kappa shape index (κ2) is 5.13. The molecule has 1 aliphatic heterocycles. The molecular weight excluding hydrogens is 214 g/mol. The monoisotopic (exact) mass is 231 g/mol. The third-order valence-corrected chi connectivity index (χ3v) is 3.27. The van der Waals surface area contributed by atoms with E-state index in [0.717, 1.165) is 13.0 Å². The van der Waals surface area contributed by atoms with Gasteiger partial charge in [-0.1, -0.05) is 24.3 Å². The third kappa shape index (κ3) is 2.93. The molecule has 17 heavy (non-hydrogen) atoms. The lowest BCUT2D eigenvalue weighted by atomic mass is 10.0. The van der Waals surface area contributed by atoms with E-state index < -0.39 is 0 Å². The molecule has 0 aromatic heterocycles. The van der Waals surface area contributed by atoms with Crippen LogP contribution < -0.4 is 0 Å². The molecule has 1 saturated heterocycles. The minimum atomic E-state index is -0.0187. The summed E-state index contributed by atoms with van der Waals surface area (Å²) in [4.78, 5) is 24.5. The van der Waals surface area contributed by atoms with Gasteiger partial charge >= 0.3 is 0 Å². The molecule has 0 spiro atoms. The van der Waals surface area contributed by atoms with Crippen LogP contribution in [0, 0.1) is 6.92 Å². The Kier molecular flexibility index (Phi) is 3.57. The van der Waals surface area contributed by atoms with E-state index in [4.69, 9.17) is 0 Å². The minimum Gasteiger partial charge on any atom is -0.342 e. The van der Waals surface area contributed by atoms with Crippen LogP contribution in [0.15, 0.2) is 24.3 Å². The van der Waals surface area contributed by atoms with Crippen molar-refractivity contribution < 1.29 is 9.59 Å². The van der Waals surface area contributed by atoms with E-state index in [2.05, 4.69) is 19.1 Å². The number of piperidine rings is 1. The molecule has 2 rings (SSSR count). The Balaban J connectivity index is 1.92. The Hall–Kier alpha value is -1.64. The van der Waals surface area contributed by atoms with Gasteiger partial charge in [0, 0.05) is 19.5 Å². The summed E-state index contributed by atoms with van der Waals surface area (Å²) in [5.41, 5.74) is 2.53. The lowest BCUT2D eigenvalue weighted by Gasteiger charge is -2.26. The molecule has 0 saturated carbocycles. The quantitative estimate of drug-likeness (QED) is 0.743. The maximum absolute atomic E-state index is 11.6. The van der Waals surface area contributed by atoms with Crippen LogP contribution in [0.1, 0.15) is 24.0 Å². The number of Topliss-reactive ketones (excluding diaryl/α,β-unsaturated/α-hetero) is 1. The van der Waals surface area contributed by atoms with Gasteiger partial charge in [-0.25, -0.2) is 0 Å². The Morgan fingerprint density at radius 3 is 2.71 bits per heavy atom. The Morgan fingerprint density at radius 1 is 1.24 bits per heavy atom. The average Bonchev–Trinajstić information content (AvgIpc) is 2.30. The summed E-state index contributed by atoms with van der Waals surface area (Å²) in [6.07, 6.45) is 1.47. The predicted octanol–water partition coefficient (Wildman–Crippen LogP) is 1.73. The molecule has 3 nitrogen and oxygen atoms in total. The standard InChI is InChI=1S/C14H17NO2/c1-11-4-2-3-5-12(11)6-8-15-9-7-13(16)10-14(15)17/h2-5H,6-10H2,1H3. The zero-order chi connectivity index (χ0) is 12.3. The summed E-state index contributed by atoms with van der Waals surface area (Å²) in [5.74, 6) is 0.0528. The molecule has 90 valence electrons. The van der Waals surface area contributed by atoms with E-state index in [0.29, 0.717) is 13.0 Å². The molecule has 0 bridgehead atoms. The van der Waals surface area contributed by atoms with Crippen LogP contribution in [-0.2, 0) is 16.0 Å². The van der Waals surface area contributed by atoms with Crippen LogP contribution in [0.3, 0.4) is 0 Å². The smallest absolute Gasteiger partial charge is 0.230 e. The molecule has 0 aliphatic carbocycles. The molecule has 1 heterocycles. The summed E-state index contributed by atoms with van der Waals surface area (Å²) in [7, 11) is 0. The number of amides is 1. The number of carbonyl (C=O) groups excluding carboxylic acids is 2. The highest BCUT2D eigenvalue weighted by Crippen LogP contribution is 2.12. The highest BCUT2D eigenvalue weighted by Gasteiger charge is 2.23. The Morgan fingerprint density at radius 2 is 2.00 bits per heavy atom. The summed E-state index contributed by atoms with van der Waals surface area (Å²) in [6.45, 7) is 3.39. The highest BCUT2D eigenvalue weighted by molar-refractivity contribution is 6.00. The normalized spacial score (nSPS) is 16.4. The lowest BCUT2D eigenvalue weighted by molar-refractivity contribution is -0.139. The maximum atomic E-state index is 11.6. The van der Waals surface area contributed by atoms with E-state index in [1.54, 1.807) is 4.90 Å². The van der Waals surface area contributed by atoms with E-state index in [1.807, 2.05) is 12.1 Å². The van der Waals surface area contributed by atoms with E-state index in [-0.39, 0.29) is 18.1 Å². The van der Waals surface area contributed by atoms with Gasteiger partial charge in [0.2, 0.25) is 5.91 Å². The van der Waals surface area contributed by atoms with E-state index in [9.17, 15) is 9.59 Å². The molecule has 1 aliphatic rings. The Labute approximate surface area is 101 Å². The lowest BCUT2D eigenvalue weighted by Crippen LogP contribution is -2.40. The number of likely N-dealkylation sites (tertiary alicyclic amines) is 1. The fraction of sp³-hybridized carbons (Fsp3) is 0.429. The van der Waals surface area contributed by atoms with Gasteiger partial charge in [-0.05, 0) is 24.5 Å². The molecule has 0 atom stereocenters. The van der Waals surface area contributed by atoms with Gasteiger partial charge in [-0.3, -0.25) is 9.59 Å². The summed E-state index contributed by atoms with van der Waals surface area (Å²) < 4.78 is 0. The first-order chi connectivity index (χ1) is 8.16. The van der Waals surface area contributed by atoms with Crippen LogP contribution in [0.5, 0.6) is 0 Å². The fourth-order valence-corrected chi connectivity index (χ4v) is 2.14. The number of aryl methyl sites for hydroxylation is 1. The number of carbonyl (C=O) groups is 2. The number of hydrogen-bond donors (Lipinski definition) is 0. The van der Waals surface area contributed by atoms with Crippen LogP contribution in [0.2, 0.25) is 0 Å². The molecule has 3 heteroatoms. The first kappa shape index (κ1) is 11.8. The van der Waals surface area contributed by atoms with Crippen molar-refractivity contribution >= 4 is 11.7 Å². The number of ketones is 1. The van der Waals surface area contributed by atoms with Crippen molar-refractivity contribution in [2.24, 2.45) is 0 Å². The number of benzene rings is 1. The highest BCUT2D eigenvalue weighted by atomic mass is 16.2. The predicted molar refractivity (Wildman–Crippen MR) is 65.7 cm³/mol. The number of rotatable bonds is 3. The third-order valence-electron chi connectivity index (χ3n) is 3.27. The molecular formula is C14H17NO2. The summed E-state index contributed by atoms with van der Waals surface area (Å²) in [5, 5.41) is 0. The van der Waals surface area contributed by atoms with E-state index >= 15 is 0 Å². The van der Waals surface area contributed by atoms with Crippen molar-refractivity contribution in [2.75, 3.05) is 13.1 Å². The maximum Gasteiger partial charge on any atom is 0.230 e. The first-order valence-electron chi connectivity index (χ1n) is 6.01. The summed E-state index contributed by atoms with van der Waals surface area (Å²) in [6, 6.07) is 8.21. The van der Waals surface area contributed by atoms with Crippen LogP contribution in [0.4, 0.5) is 0 Å². The second-order valence-corrected chi connectivity index (χ2v) is 4.52. The molecule has 1 aromatic rings. The van der Waals surface area contributed by atoms with Crippen molar-refractivity contribution in [2.45, 2.75) is 26.2 Å². The molecule has 0 unspecified atom stereocenters. The number of nitrogens with zero attached hydrogens (tertiary/aromatic N) is 1. The average molecular weight is 231 g/mol. The molecule has 1 amide bonds. The van der Waals surface area contributed by atoms with Crippen molar-refractivity contribution in [3.8, 4) is 0 Å². The second-order valence-electron chi connectivity index (χ2n) is 4.52. The van der Waals surface area contributed by atoms with E-state index in [1.165, 1.54) is 11.1 Å². The Bertz CT molecular complexity index is 440. The SMILES string of the molecule is Cc1ccccc1CCN1CCC(=O)CC1=O. The molecule has 0 radical (unpaired) electrons. The van der Waals surface area contributed by atoms with Crippen molar-refractivity contribution in [3.05, 3.63) is 35.4 Å². The van der Waals surface area contributed by atoms with Gasteiger partial charge in [-0.15, -0.1) is 0 Å². The zero-order valence-corrected chi connectivity index (χ0v) is 10.1.